The maximum absolute atomic E-state index is 12.9. The summed E-state index contributed by atoms with van der Waals surface area (Å²) in [5.41, 5.74) is 1.52. The van der Waals surface area contributed by atoms with E-state index >= 15 is 0 Å². The molecule has 0 radical (unpaired) electrons. The number of amides is 1. The first-order valence-electron chi connectivity index (χ1n) is 9.50. The Bertz CT molecular complexity index is 810. The Labute approximate surface area is 152 Å². The molecular formula is C19H26N4O3+2. The molecule has 7 heteroatoms. The van der Waals surface area contributed by atoms with Crippen LogP contribution in [0.3, 0.4) is 0 Å². The van der Waals surface area contributed by atoms with Crippen molar-refractivity contribution in [1.29, 1.82) is 0 Å². The second kappa shape index (κ2) is 7.07. The minimum Gasteiger partial charge on any atom is -0.481 e. The van der Waals surface area contributed by atoms with Gasteiger partial charge in [-0.05, 0) is 25.0 Å². The number of nitrogens with one attached hydrogen (secondary N) is 3. The Morgan fingerprint density at radius 1 is 1.15 bits per heavy atom. The van der Waals surface area contributed by atoms with Gasteiger partial charge < -0.3 is 14.9 Å². The van der Waals surface area contributed by atoms with Crippen LogP contribution in [0, 0.1) is 5.92 Å². The second-order valence-corrected chi connectivity index (χ2v) is 7.46. The molecule has 0 bridgehead atoms. The van der Waals surface area contributed by atoms with Gasteiger partial charge in [-0.15, -0.1) is 5.10 Å². The van der Waals surface area contributed by atoms with Gasteiger partial charge in [-0.1, -0.05) is 18.6 Å². The van der Waals surface area contributed by atoms with Crippen LogP contribution < -0.4 is 10.00 Å². The van der Waals surface area contributed by atoms with E-state index in [-0.39, 0.29) is 17.9 Å². The van der Waals surface area contributed by atoms with Crippen LogP contribution in [0.1, 0.15) is 36.2 Å². The van der Waals surface area contributed by atoms with E-state index in [0.717, 1.165) is 49.7 Å². The molecule has 1 aliphatic heterocycles. The van der Waals surface area contributed by atoms with Crippen molar-refractivity contribution in [3.05, 3.63) is 30.0 Å². The SMILES string of the molecule is O=C(O)[C@H]1CCCC[C@@H]1[NH+]1CCN(C(=O)c2[nH+][nH]c3ccccc23)CC1. The lowest BCUT2D eigenvalue weighted by molar-refractivity contribution is -0.933. The highest BCUT2D eigenvalue weighted by molar-refractivity contribution is 6.02. The number of nitrogens with zero attached hydrogens (tertiary/aromatic N) is 1. The van der Waals surface area contributed by atoms with Crippen molar-refractivity contribution in [3.8, 4) is 0 Å². The number of carbonyl (C=O) groups is 2. The van der Waals surface area contributed by atoms with Crippen LogP contribution in [0.15, 0.2) is 24.3 Å². The van der Waals surface area contributed by atoms with Crippen molar-refractivity contribution >= 4 is 22.8 Å². The number of carbonyl (C=O) groups excluding carboxylic acids is 1. The van der Waals surface area contributed by atoms with Gasteiger partial charge in [0, 0.05) is 6.42 Å². The molecule has 1 amide bonds. The van der Waals surface area contributed by atoms with Crippen LogP contribution >= 0.6 is 0 Å². The van der Waals surface area contributed by atoms with Gasteiger partial charge in [0.25, 0.3) is 0 Å². The molecule has 4 N–H and O–H groups in total. The normalized spacial score (nSPS) is 24.7. The molecule has 1 aliphatic carbocycles. The number of hydrogen-bond acceptors (Lipinski definition) is 2. The number of fused-ring (bicyclic) bond motifs is 1. The Morgan fingerprint density at radius 2 is 1.88 bits per heavy atom. The lowest BCUT2D eigenvalue weighted by Gasteiger charge is -2.39. The number of piperazine rings is 1. The number of carboxylic acid groups (broad SMARTS) is 1. The lowest BCUT2D eigenvalue weighted by atomic mass is 9.83. The average Bonchev–Trinajstić information content (AvgIpc) is 3.11. The Hall–Kier alpha value is -2.41. The number of aliphatic carboxylic acids is 1. The molecule has 1 saturated heterocycles. The third kappa shape index (κ3) is 3.07. The van der Waals surface area contributed by atoms with E-state index in [9.17, 15) is 14.7 Å². The molecule has 0 unspecified atom stereocenters. The molecule has 7 nitrogen and oxygen atoms in total. The summed E-state index contributed by atoms with van der Waals surface area (Å²) in [6.07, 6.45) is 3.90. The van der Waals surface area contributed by atoms with Crippen molar-refractivity contribution in [3.63, 3.8) is 0 Å². The minimum absolute atomic E-state index is 0.0138. The van der Waals surface area contributed by atoms with E-state index in [1.165, 1.54) is 4.90 Å². The van der Waals surface area contributed by atoms with E-state index in [2.05, 4.69) is 10.2 Å². The summed E-state index contributed by atoms with van der Waals surface area (Å²) >= 11 is 0. The third-order valence-corrected chi connectivity index (χ3v) is 6.03. The van der Waals surface area contributed by atoms with Gasteiger partial charge in [0.1, 0.15) is 17.5 Å². The highest BCUT2D eigenvalue weighted by Crippen LogP contribution is 2.23. The molecule has 2 atom stereocenters. The lowest BCUT2D eigenvalue weighted by Crippen LogP contribution is -3.19. The monoisotopic (exact) mass is 358 g/mol. The van der Waals surface area contributed by atoms with E-state index in [0.29, 0.717) is 18.8 Å². The Morgan fingerprint density at radius 3 is 2.65 bits per heavy atom. The van der Waals surface area contributed by atoms with Crippen molar-refractivity contribution in [2.24, 2.45) is 5.92 Å². The molecular weight excluding hydrogens is 332 g/mol. The van der Waals surface area contributed by atoms with Gasteiger partial charge in [-0.2, -0.15) is 5.10 Å². The summed E-state index contributed by atoms with van der Waals surface area (Å²) in [7, 11) is 0. The first-order chi connectivity index (χ1) is 12.6. The summed E-state index contributed by atoms with van der Waals surface area (Å²) < 4.78 is 0. The molecule has 4 rings (SSSR count). The first-order valence-corrected chi connectivity index (χ1v) is 9.50. The van der Waals surface area contributed by atoms with E-state index in [1.807, 2.05) is 29.2 Å². The molecule has 2 heterocycles. The van der Waals surface area contributed by atoms with Gasteiger partial charge in [0.15, 0.2) is 0 Å². The summed E-state index contributed by atoms with van der Waals surface area (Å²) in [6.45, 7) is 2.99. The fraction of sp³-hybridized carbons (Fsp3) is 0.526. The summed E-state index contributed by atoms with van der Waals surface area (Å²) in [5, 5.41) is 16.5. The number of benzene rings is 1. The van der Waals surface area contributed by atoms with Crippen molar-refractivity contribution in [1.82, 2.24) is 10.00 Å². The van der Waals surface area contributed by atoms with Crippen LogP contribution in [-0.4, -0.2) is 59.2 Å². The van der Waals surface area contributed by atoms with Crippen molar-refractivity contribution in [2.45, 2.75) is 31.7 Å². The molecule has 1 saturated carbocycles. The Balaban J connectivity index is 1.43. The van der Waals surface area contributed by atoms with Gasteiger partial charge in [-0.25, -0.2) is 0 Å². The molecule has 2 fully saturated rings. The van der Waals surface area contributed by atoms with E-state index in [1.54, 1.807) is 0 Å². The zero-order valence-corrected chi connectivity index (χ0v) is 14.8. The van der Waals surface area contributed by atoms with E-state index in [4.69, 9.17) is 0 Å². The maximum Gasteiger partial charge on any atom is 0.322 e. The first kappa shape index (κ1) is 17.0. The summed E-state index contributed by atoms with van der Waals surface area (Å²) in [5.74, 6) is -0.878. The molecule has 2 aromatic rings. The number of H-pyrrole nitrogens is 2. The smallest absolute Gasteiger partial charge is 0.322 e. The van der Waals surface area contributed by atoms with Gasteiger partial charge >= 0.3 is 17.6 Å². The van der Waals surface area contributed by atoms with Crippen LogP contribution in [0.2, 0.25) is 0 Å². The van der Waals surface area contributed by atoms with Gasteiger partial charge in [0.05, 0.1) is 31.6 Å². The number of hydrogen-bond donors (Lipinski definition) is 3. The van der Waals surface area contributed by atoms with E-state index < -0.39 is 5.97 Å². The fourth-order valence-electron chi connectivity index (χ4n) is 4.62. The molecule has 138 valence electrons. The second-order valence-electron chi connectivity index (χ2n) is 7.46. The number of aromatic amines is 2. The molecule has 1 aromatic heterocycles. The van der Waals surface area contributed by atoms with Crippen molar-refractivity contribution < 1.29 is 24.7 Å². The molecule has 0 spiro atoms. The quantitative estimate of drug-likeness (QED) is 0.719. The summed E-state index contributed by atoms with van der Waals surface area (Å²) in [6, 6.07) is 7.94. The number of carboxylic acids is 1. The number of quaternary nitrogens is 1. The highest BCUT2D eigenvalue weighted by atomic mass is 16.4. The Kier molecular flexibility index (Phi) is 4.63. The standard InChI is InChI=1S/C19H24N4O3/c24-18(17-13-5-1-3-7-15(13)20-21-17)23-11-9-22(10-12-23)16-8-4-2-6-14(16)19(25)26/h1,3,5,7,14,16H,2,4,6,8-12H2,(H,20,21)(H,25,26)/p+2/t14-,16-/m0/s1. The number of para-hydroxylation sites is 1. The predicted molar refractivity (Wildman–Crippen MR) is 94.8 cm³/mol. The van der Waals surface area contributed by atoms with Crippen LogP contribution in [0.25, 0.3) is 10.9 Å². The molecule has 26 heavy (non-hydrogen) atoms. The number of rotatable bonds is 3. The van der Waals surface area contributed by atoms with Crippen LogP contribution in [0.5, 0.6) is 0 Å². The fourth-order valence-corrected chi connectivity index (χ4v) is 4.62. The summed E-state index contributed by atoms with van der Waals surface area (Å²) in [4.78, 5) is 27.7. The average molecular weight is 358 g/mol. The zero-order chi connectivity index (χ0) is 18.1. The highest BCUT2D eigenvalue weighted by Gasteiger charge is 2.40. The van der Waals surface area contributed by atoms with Gasteiger partial charge in [-0.3, -0.25) is 9.59 Å². The largest absolute Gasteiger partial charge is 0.481 e. The van der Waals surface area contributed by atoms with Crippen LogP contribution in [0.4, 0.5) is 0 Å². The maximum atomic E-state index is 12.9. The van der Waals surface area contributed by atoms with Gasteiger partial charge in [0.2, 0.25) is 0 Å². The minimum atomic E-state index is -0.658. The molecule has 2 aliphatic rings. The zero-order valence-electron chi connectivity index (χ0n) is 14.8. The topological polar surface area (TPSA) is 92.0 Å². The van der Waals surface area contributed by atoms with Crippen LogP contribution in [-0.2, 0) is 4.79 Å². The number of aromatic nitrogens is 2. The predicted octanol–water partition coefficient (Wildman–Crippen LogP) is -0.0339. The third-order valence-electron chi connectivity index (χ3n) is 6.03. The van der Waals surface area contributed by atoms with Crippen molar-refractivity contribution in [2.75, 3.05) is 26.2 Å². The molecule has 1 aromatic carbocycles.